The first-order valence-corrected chi connectivity index (χ1v) is 10.2. The molecule has 6 nitrogen and oxygen atoms in total. The van der Waals surface area contributed by atoms with E-state index in [1.54, 1.807) is 36.4 Å². The summed E-state index contributed by atoms with van der Waals surface area (Å²) in [7, 11) is 0. The summed E-state index contributed by atoms with van der Waals surface area (Å²) in [4.78, 5) is 27.5. The summed E-state index contributed by atoms with van der Waals surface area (Å²) in [5, 5.41) is 20.2. The Bertz CT molecular complexity index is 1290. The number of ether oxygens (including phenoxy) is 1. The highest BCUT2D eigenvalue weighted by Gasteiger charge is 2.47. The molecule has 1 heterocycles. The van der Waals surface area contributed by atoms with E-state index in [4.69, 9.17) is 10.00 Å². The number of Topliss-reactive ketones (excluding diaryl/α,β-unsaturated/α-hetero) is 1. The first-order chi connectivity index (χ1) is 15.9. The number of halogens is 1. The summed E-state index contributed by atoms with van der Waals surface area (Å²) in [5.74, 6) is -2.04. The average molecular weight is 442 g/mol. The number of nitrogens with zero attached hydrogens (tertiary/aromatic N) is 2. The first-order valence-electron chi connectivity index (χ1n) is 10.2. The lowest BCUT2D eigenvalue weighted by atomic mass is 9.95. The molecule has 1 aliphatic rings. The first kappa shape index (κ1) is 21.8. The molecule has 1 aliphatic heterocycles. The van der Waals surface area contributed by atoms with Crippen molar-refractivity contribution in [2.45, 2.75) is 13.0 Å². The van der Waals surface area contributed by atoms with Crippen LogP contribution in [0.3, 0.4) is 0 Å². The van der Waals surface area contributed by atoms with Crippen LogP contribution in [-0.2, 0) is 9.59 Å². The number of amides is 1. The smallest absolute Gasteiger partial charge is 0.300 e. The normalized spacial score (nSPS) is 17.1. The van der Waals surface area contributed by atoms with Crippen LogP contribution < -0.4 is 9.64 Å². The van der Waals surface area contributed by atoms with Crippen LogP contribution in [0.5, 0.6) is 5.75 Å². The molecule has 7 heteroatoms. The predicted octanol–water partition coefficient (Wildman–Crippen LogP) is 4.72. The summed E-state index contributed by atoms with van der Waals surface area (Å²) in [5.41, 5.74) is 1.40. The van der Waals surface area contributed by atoms with Crippen LogP contribution in [0.25, 0.3) is 5.76 Å². The molecule has 1 unspecified atom stereocenters. The lowest BCUT2D eigenvalue weighted by Gasteiger charge is -2.25. The van der Waals surface area contributed by atoms with E-state index in [2.05, 4.69) is 0 Å². The molecule has 0 saturated carbocycles. The van der Waals surface area contributed by atoms with Crippen molar-refractivity contribution in [2.75, 3.05) is 11.5 Å². The topological polar surface area (TPSA) is 90.6 Å². The number of hydrogen-bond acceptors (Lipinski definition) is 5. The Morgan fingerprint density at radius 2 is 1.79 bits per heavy atom. The largest absolute Gasteiger partial charge is 0.507 e. The Morgan fingerprint density at radius 3 is 2.42 bits per heavy atom. The molecule has 0 radical (unpaired) electrons. The molecule has 3 aromatic rings. The zero-order chi connectivity index (χ0) is 23.5. The lowest BCUT2D eigenvalue weighted by Crippen LogP contribution is -2.29. The maximum absolute atomic E-state index is 13.6. The molecule has 0 bridgehead atoms. The third kappa shape index (κ3) is 4.06. The van der Waals surface area contributed by atoms with Gasteiger partial charge in [-0.1, -0.05) is 24.3 Å². The quantitative estimate of drug-likeness (QED) is 0.351. The van der Waals surface area contributed by atoms with E-state index in [0.717, 1.165) is 0 Å². The van der Waals surface area contributed by atoms with Gasteiger partial charge in [0.15, 0.2) is 0 Å². The van der Waals surface area contributed by atoms with Crippen molar-refractivity contribution in [3.63, 3.8) is 0 Å². The molecule has 1 fully saturated rings. The summed E-state index contributed by atoms with van der Waals surface area (Å²) in [6.07, 6.45) is 0. The number of ketones is 1. The zero-order valence-electron chi connectivity index (χ0n) is 17.7. The third-order valence-electron chi connectivity index (χ3n) is 5.32. The lowest BCUT2D eigenvalue weighted by molar-refractivity contribution is -0.132. The summed E-state index contributed by atoms with van der Waals surface area (Å²) in [6, 6.07) is 19.1. The maximum Gasteiger partial charge on any atom is 0.300 e. The van der Waals surface area contributed by atoms with Gasteiger partial charge in [0, 0.05) is 11.3 Å². The number of hydrogen-bond donors (Lipinski definition) is 1. The highest BCUT2D eigenvalue weighted by molar-refractivity contribution is 6.51. The van der Waals surface area contributed by atoms with Gasteiger partial charge in [0.25, 0.3) is 11.7 Å². The minimum Gasteiger partial charge on any atom is -0.507 e. The molecule has 0 spiro atoms. The van der Waals surface area contributed by atoms with Gasteiger partial charge >= 0.3 is 0 Å². The number of benzene rings is 3. The zero-order valence-corrected chi connectivity index (χ0v) is 17.7. The summed E-state index contributed by atoms with van der Waals surface area (Å²) >= 11 is 0. The molecule has 0 aliphatic carbocycles. The van der Waals surface area contributed by atoms with Crippen LogP contribution in [0, 0.1) is 17.1 Å². The van der Waals surface area contributed by atoms with Crippen LogP contribution in [0.15, 0.2) is 78.4 Å². The highest BCUT2D eigenvalue weighted by atomic mass is 19.1. The molecule has 1 saturated heterocycles. The maximum atomic E-state index is 13.6. The number of nitriles is 1. The number of aliphatic hydroxyl groups excluding tert-OH is 1. The molecule has 1 N–H and O–H groups in total. The van der Waals surface area contributed by atoms with E-state index in [1.165, 1.54) is 41.3 Å². The predicted molar refractivity (Wildman–Crippen MR) is 120 cm³/mol. The second-order valence-corrected chi connectivity index (χ2v) is 7.34. The fourth-order valence-corrected chi connectivity index (χ4v) is 3.81. The van der Waals surface area contributed by atoms with Crippen molar-refractivity contribution in [3.8, 4) is 11.8 Å². The summed E-state index contributed by atoms with van der Waals surface area (Å²) in [6.45, 7) is 2.24. The van der Waals surface area contributed by atoms with Gasteiger partial charge in [0.2, 0.25) is 0 Å². The van der Waals surface area contributed by atoms with Gasteiger partial charge in [-0.15, -0.1) is 0 Å². The second-order valence-electron chi connectivity index (χ2n) is 7.34. The van der Waals surface area contributed by atoms with Gasteiger partial charge in [-0.25, -0.2) is 4.39 Å². The molecule has 1 amide bonds. The Morgan fingerprint density at radius 1 is 1.09 bits per heavy atom. The van der Waals surface area contributed by atoms with Gasteiger partial charge in [0.1, 0.15) is 17.3 Å². The number of aliphatic hydroxyl groups is 1. The van der Waals surface area contributed by atoms with Crippen LogP contribution in [-0.4, -0.2) is 23.4 Å². The molecule has 4 rings (SSSR count). The van der Waals surface area contributed by atoms with Crippen molar-refractivity contribution in [1.29, 1.82) is 5.26 Å². The van der Waals surface area contributed by atoms with Gasteiger partial charge in [0.05, 0.1) is 29.9 Å². The van der Waals surface area contributed by atoms with Crippen molar-refractivity contribution in [3.05, 3.63) is 101 Å². The Hall–Kier alpha value is -4.44. The van der Waals surface area contributed by atoms with Gasteiger partial charge in [-0.05, 0) is 61.0 Å². The van der Waals surface area contributed by atoms with Crippen molar-refractivity contribution in [2.24, 2.45) is 0 Å². The standard InChI is InChI=1S/C26H19FN2O4/c1-2-33-21-5-3-4-18(14-21)24(30)22-23(17-8-10-19(27)11-9-17)29(26(32)25(22)31)20-12-6-16(15-28)7-13-20/h3-14,23,30H,2H2,1H3/b24-22-. The van der Waals surface area contributed by atoms with Crippen LogP contribution in [0.1, 0.15) is 29.7 Å². The Balaban J connectivity index is 1.91. The molecule has 33 heavy (non-hydrogen) atoms. The van der Waals surface area contributed by atoms with Crippen molar-refractivity contribution >= 4 is 23.1 Å². The minimum absolute atomic E-state index is 0.121. The third-order valence-corrected chi connectivity index (χ3v) is 5.32. The van der Waals surface area contributed by atoms with E-state index in [9.17, 15) is 19.1 Å². The molecule has 0 aromatic heterocycles. The molecular formula is C26H19FN2O4. The van der Waals surface area contributed by atoms with Crippen LogP contribution in [0.2, 0.25) is 0 Å². The van der Waals surface area contributed by atoms with E-state index in [0.29, 0.717) is 34.7 Å². The number of rotatable bonds is 5. The number of carbonyl (C=O) groups is 2. The van der Waals surface area contributed by atoms with Gasteiger partial charge < -0.3 is 9.84 Å². The minimum atomic E-state index is -0.991. The van der Waals surface area contributed by atoms with E-state index in [1.807, 2.05) is 13.0 Å². The average Bonchev–Trinajstić information content (AvgIpc) is 3.10. The SMILES string of the molecule is CCOc1cccc(/C(O)=C2/C(=O)C(=O)N(c3ccc(C#N)cc3)C2c2ccc(F)cc2)c1. The van der Waals surface area contributed by atoms with Crippen molar-refractivity contribution < 1.29 is 23.8 Å². The Labute approximate surface area is 189 Å². The fraction of sp³-hybridized carbons (Fsp3) is 0.115. The summed E-state index contributed by atoms with van der Waals surface area (Å²) < 4.78 is 19.1. The van der Waals surface area contributed by atoms with Crippen molar-refractivity contribution in [1.82, 2.24) is 0 Å². The highest BCUT2D eigenvalue weighted by Crippen LogP contribution is 2.42. The second kappa shape index (κ2) is 8.97. The molecule has 3 aromatic carbocycles. The molecular weight excluding hydrogens is 423 g/mol. The van der Waals surface area contributed by atoms with Crippen LogP contribution in [0.4, 0.5) is 10.1 Å². The number of anilines is 1. The van der Waals surface area contributed by atoms with Gasteiger partial charge in [-0.3, -0.25) is 14.5 Å². The molecule has 164 valence electrons. The fourth-order valence-electron chi connectivity index (χ4n) is 3.81. The number of carbonyl (C=O) groups excluding carboxylic acids is 2. The van der Waals surface area contributed by atoms with E-state index >= 15 is 0 Å². The van der Waals surface area contributed by atoms with Crippen LogP contribution >= 0.6 is 0 Å². The molecule has 1 atom stereocenters. The Kier molecular flexibility index (Phi) is 5.92. The van der Waals surface area contributed by atoms with Gasteiger partial charge in [-0.2, -0.15) is 5.26 Å². The monoisotopic (exact) mass is 442 g/mol. The van der Waals surface area contributed by atoms with E-state index < -0.39 is 23.5 Å². The van der Waals surface area contributed by atoms with E-state index in [-0.39, 0.29) is 11.3 Å².